The number of hydrogen-bond acceptors (Lipinski definition) is 4. The number of halogens is 1. The zero-order valence-corrected chi connectivity index (χ0v) is 7.60. The van der Waals surface area contributed by atoms with Crippen molar-refractivity contribution in [3.8, 4) is 0 Å². The highest BCUT2D eigenvalue weighted by molar-refractivity contribution is 7.72. The molecule has 3 N–H and O–H groups in total. The first-order valence-electron chi connectivity index (χ1n) is 3.05. The second kappa shape index (κ2) is 3.75. The molecule has 0 aliphatic rings. The topological polar surface area (TPSA) is 72.2 Å². The molecule has 0 aliphatic carbocycles. The highest BCUT2D eigenvalue weighted by Gasteiger charge is 2.00. The minimum Gasteiger partial charge on any atom is -0.323 e. The molecular formula is C6H7ClN2O2S. The van der Waals surface area contributed by atoms with Gasteiger partial charge in [-0.2, -0.15) is 0 Å². The fraction of sp³-hybridized carbons (Fsp3) is 0. The summed E-state index contributed by atoms with van der Waals surface area (Å²) < 4.78 is 21.0. The number of nitrogen functional groups attached to an aromatic ring is 1. The van der Waals surface area contributed by atoms with Crippen LogP contribution in [0.3, 0.4) is 0 Å². The first-order valence-corrected chi connectivity index (χ1v) is 4.61. The molecule has 4 nitrogen and oxygen atoms in total. The second-order valence-electron chi connectivity index (χ2n) is 2.07. The zero-order chi connectivity index (χ0) is 9.14. The highest BCUT2D eigenvalue weighted by Crippen LogP contribution is 2.22. The lowest BCUT2D eigenvalue weighted by Gasteiger charge is -2.01. The molecule has 0 unspecified atom stereocenters. The van der Waals surface area contributed by atoms with Gasteiger partial charge in [-0.25, -0.2) is 8.42 Å². The van der Waals surface area contributed by atoms with Gasteiger partial charge in [0.05, 0.1) is 15.6 Å². The number of hydrazine groups is 1. The van der Waals surface area contributed by atoms with Crippen molar-refractivity contribution in [2.24, 2.45) is 5.84 Å². The van der Waals surface area contributed by atoms with Crippen LogP contribution in [-0.4, -0.2) is 8.42 Å². The Bertz CT molecular complexity index is 357. The molecule has 0 saturated heterocycles. The molecule has 1 rings (SSSR count). The smallest absolute Gasteiger partial charge is 0.168 e. The standard InChI is InChI=1S/C6H7ClN2O2S/c7-5-3-4(12(10)11)1-2-6(5)9-8/h1-3,9,12H,8H2. The third kappa shape index (κ3) is 1.88. The maximum absolute atomic E-state index is 10.5. The van der Waals surface area contributed by atoms with Gasteiger partial charge in [-0.15, -0.1) is 0 Å². The molecule has 0 fully saturated rings. The minimum absolute atomic E-state index is 0.175. The summed E-state index contributed by atoms with van der Waals surface area (Å²) in [5.41, 5.74) is 2.83. The summed E-state index contributed by atoms with van der Waals surface area (Å²) >= 11 is 5.66. The Morgan fingerprint density at radius 1 is 1.42 bits per heavy atom. The summed E-state index contributed by atoms with van der Waals surface area (Å²) in [6.07, 6.45) is 0. The van der Waals surface area contributed by atoms with Crippen LogP contribution in [0.2, 0.25) is 5.02 Å². The number of nitrogens with one attached hydrogen (secondary N) is 1. The molecule has 1 aromatic rings. The molecule has 66 valence electrons. The molecule has 0 aromatic heterocycles. The molecule has 0 radical (unpaired) electrons. The van der Waals surface area contributed by atoms with E-state index in [9.17, 15) is 8.42 Å². The summed E-state index contributed by atoms with van der Waals surface area (Å²) in [6.45, 7) is 0. The summed E-state index contributed by atoms with van der Waals surface area (Å²) in [5.74, 6) is 5.09. The molecule has 0 atom stereocenters. The van der Waals surface area contributed by atoms with E-state index in [1.165, 1.54) is 18.2 Å². The van der Waals surface area contributed by atoms with Crippen molar-refractivity contribution in [3.63, 3.8) is 0 Å². The van der Waals surface area contributed by atoms with E-state index < -0.39 is 10.7 Å². The quantitative estimate of drug-likeness (QED) is 0.376. The van der Waals surface area contributed by atoms with Gasteiger partial charge in [0, 0.05) is 0 Å². The summed E-state index contributed by atoms with van der Waals surface area (Å²) in [4.78, 5) is 0.175. The van der Waals surface area contributed by atoms with E-state index in [4.69, 9.17) is 17.4 Å². The van der Waals surface area contributed by atoms with Crippen molar-refractivity contribution in [2.45, 2.75) is 4.90 Å². The van der Waals surface area contributed by atoms with E-state index >= 15 is 0 Å². The Kier molecular flexibility index (Phi) is 2.91. The Morgan fingerprint density at radius 2 is 2.08 bits per heavy atom. The SMILES string of the molecule is NNc1ccc([SH](=O)=O)cc1Cl. The molecule has 0 amide bonds. The maximum atomic E-state index is 10.5. The number of anilines is 1. The van der Waals surface area contributed by atoms with E-state index in [0.29, 0.717) is 5.69 Å². The van der Waals surface area contributed by atoms with Crippen LogP contribution >= 0.6 is 11.6 Å². The van der Waals surface area contributed by atoms with Crippen LogP contribution in [-0.2, 0) is 10.7 Å². The minimum atomic E-state index is -2.58. The third-order valence-corrected chi connectivity index (χ3v) is 2.33. The van der Waals surface area contributed by atoms with Gasteiger partial charge in [0.15, 0.2) is 10.7 Å². The lowest BCUT2D eigenvalue weighted by atomic mass is 10.3. The first kappa shape index (κ1) is 9.31. The zero-order valence-electron chi connectivity index (χ0n) is 5.95. The van der Waals surface area contributed by atoms with Crippen LogP contribution in [0.5, 0.6) is 0 Å². The summed E-state index contributed by atoms with van der Waals surface area (Å²) in [7, 11) is -2.58. The van der Waals surface area contributed by atoms with Crippen LogP contribution in [0, 0.1) is 0 Å². The predicted octanol–water partition coefficient (Wildman–Crippen LogP) is 0.596. The van der Waals surface area contributed by atoms with Crippen molar-refractivity contribution in [2.75, 3.05) is 5.43 Å². The molecule has 1 aromatic carbocycles. The van der Waals surface area contributed by atoms with Crippen LogP contribution in [0.25, 0.3) is 0 Å². The molecule has 12 heavy (non-hydrogen) atoms. The van der Waals surface area contributed by atoms with E-state index in [-0.39, 0.29) is 9.92 Å². The number of thiol groups is 1. The van der Waals surface area contributed by atoms with Gasteiger partial charge in [0.2, 0.25) is 0 Å². The van der Waals surface area contributed by atoms with Gasteiger partial charge >= 0.3 is 0 Å². The van der Waals surface area contributed by atoms with Gasteiger partial charge in [-0.3, -0.25) is 5.84 Å². The van der Waals surface area contributed by atoms with Crippen LogP contribution in [0.1, 0.15) is 0 Å². The maximum Gasteiger partial charge on any atom is 0.168 e. The molecule has 0 aliphatic heterocycles. The lowest BCUT2D eigenvalue weighted by Crippen LogP contribution is -2.07. The lowest BCUT2D eigenvalue weighted by molar-refractivity contribution is 0.614. The number of rotatable bonds is 2. The molecule has 0 saturated carbocycles. The van der Waals surface area contributed by atoms with Crippen molar-refractivity contribution in [1.29, 1.82) is 0 Å². The number of benzene rings is 1. The molecule has 0 spiro atoms. The Morgan fingerprint density at radius 3 is 2.50 bits per heavy atom. The predicted molar refractivity (Wildman–Crippen MR) is 47.8 cm³/mol. The largest absolute Gasteiger partial charge is 0.323 e. The van der Waals surface area contributed by atoms with Crippen LogP contribution in [0.4, 0.5) is 5.69 Å². The molecule has 0 heterocycles. The van der Waals surface area contributed by atoms with Crippen molar-refractivity contribution in [3.05, 3.63) is 23.2 Å². The van der Waals surface area contributed by atoms with Crippen molar-refractivity contribution in [1.82, 2.24) is 0 Å². The summed E-state index contributed by atoms with van der Waals surface area (Å²) in [6, 6.07) is 4.26. The van der Waals surface area contributed by atoms with Gasteiger partial charge < -0.3 is 5.43 Å². The van der Waals surface area contributed by atoms with Gasteiger partial charge in [0.25, 0.3) is 0 Å². The fourth-order valence-electron chi connectivity index (χ4n) is 0.735. The van der Waals surface area contributed by atoms with Gasteiger partial charge in [0.1, 0.15) is 0 Å². The average molecular weight is 207 g/mol. The highest BCUT2D eigenvalue weighted by atomic mass is 35.5. The normalized spacial score (nSPS) is 10.2. The first-order chi connectivity index (χ1) is 5.65. The van der Waals surface area contributed by atoms with Crippen LogP contribution in [0.15, 0.2) is 23.1 Å². The van der Waals surface area contributed by atoms with Crippen LogP contribution < -0.4 is 11.3 Å². The second-order valence-corrected chi connectivity index (χ2v) is 3.50. The van der Waals surface area contributed by atoms with E-state index in [0.717, 1.165) is 0 Å². The molecule has 6 heteroatoms. The monoisotopic (exact) mass is 206 g/mol. The molecule has 0 bridgehead atoms. The van der Waals surface area contributed by atoms with E-state index in [2.05, 4.69) is 5.43 Å². The van der Waals surface area contributed by atoms with Crippen molar-refractivity contribution >= 4 is 28.0 Å². The fourth-order valence-corrected chi connectivity index (χ4v) is 1.48. The van der Waals surface area contributed by atoms with E-state index in [1.54, 1.807) is 0 Å². The number of hydrogen-bond donors (Lipinski definition) is 3. The Hall–Kier alpha value is -0.780. The average Bonchev–Trinajstić information content (AvgIpc) is 2.04. The Labute approximate surface area is 76.3 Å². The van der Waals surface area contributed by atoms with E-state index in [1.807, 2.05) is 0 Å². The molecular weight excluding hydrogens is 200 g/mol. The third-order valence-electron chi connectivity index (χ3n) is 1.32. The number of nitrogens with two attached hydrogens (primary N) is 1. The van der Waals surface area contributed by atoms with Gasteiger partial charge in [-0.1, -0.05) is 11.6 Å². The Balaban J connectivity index is 3.18. The van der Waals surface area contributed by atoms with Gasteiger partial charge in [-0.05, 0) is 18.2 Å². The van der Waals surface area contributed by atoms with Crippen molar-refractivity contribution < 1.29 is 8.42 Å². The summed E-state index contributed by atoms with van der Waals surface area (Å²) in [5, 5.41) is 0.286.